The van der Waals surface area contributed by atoms with Crippen LogP contribution in [0.25, 0.3) is 5.69 Å². The van der Waals surface area contributed by atoms with Crippen molar-refractivity contribution in [2.75, 3.05) is 4.72 Å². The molecule has 1 aromatic carbocycles. The Morgan fingerprint density at radius 1 is 1.26 bits per heavy atom. The van der Waals surface area contributed by atoms with Gasteiger partial charge in [0.25, 0.3) is 10.0 Å². The molecule has 118 valence electrons. The zero-order valence-electron chi connectivity index (χ0n) is 11.7. The average molecular weight is 332 g/mol. The molecule has 8 nitrogen and oxygen atoms in total. The highest BCUT2D eigenvalue weighted by Gasteiger charge is 2.18. The summed E-state index contributed by atoms with van der Waals surface area (Å²) in [6, 6.07) is 9.46. The van der Waals surface area contributed by atoms with Crippen LogP contribution in [0.4, 0.5) is 5.69 Å². The number of rotatable bonds is 5. The van der Waals surface area contributed by atoms with Crippen molar-refractivity contribution in [1.82, 2.24) is 14.8 Å². The number of nitrogens with one attached hydrogen (secondary N) is 2. The molecule has 2 heterocycles. The first-order valence-corrected chi connectivity index (χ1v) is 7.99. The monoisotopic (exact) mass is 332 g/mol. The lowest BCUT2D eigenvalue weighted by Crippen LogP contribution is -2.12. The Labute approximate surface area is 131 Å². The number of carboxylic acid groups (broad SMARTS) is 1. The third-order valence-corrected chi connectivity index (χ3v) is 4.45. The Bertz CT molecular complexity index is 928. The molecular weight excluding hydrogens is 320 g/mol. The summed E-state index contributed by atoms with van der Waals surface area (Å²) in [6.45, 7) is 0. The number of benzene rings is 1. The Morgan fingerprint density at radius 3 is 2.57 bits per heavy atom. The lowest BCUT2D eigenvalue weighted by Gasteiger charge is -2.07. The maximum atomic E-state index is 12.2. The smallest absolute Gasteiger partial charge is 0.352 e. The van der Waals surface area contributed by atoms with Crippen molar-refractivity contribution < 1.29 is 18.3 Å². The van der Waals surface area contributed by atoms with Crippen LogP contribution >= 0.6 is 0 Å². The lowest BCUT2D eigenvalue weighted by atomic mass is 10.3. The summed E-state index contributed by atoms with van der Waals surface area (Å²) in [7, 11) is -3.86. The van der Waals surface area contributed by atoms with Crippen molar-refractivity contribution in [3.05, 3.63) is 60.7 Å². The number of anilines is 1. The summed E-state index contributed by atoms with van der Waals surface area (Å²) in [5.41, 5.74) is 0.950. The highest BCUT2D eigenvalue weighted by Crippen LogP contribution is 2.18. The zero-order chi connectivity index (χ0) is 16.4. The number of sulfonamides is 1. The molecule has 0 saturated heterocycles. The second-order valence-electron chi connectivity index (χ2n) is 4.66. The molecule has 0 atom stereocenters. The van der Waals surface area contributed by atoms with Crippen molar-refractivity contribution in [3.63, 3.8) is 0 Å². The molecule has 0 bridgehead atoms. The molecule has 2 aromatic heterocycles. The average Bonchev–Trinajstić information content (AvgIpc) is 3.20. The van der Waals surface area contributed by atoms with Crippen LogP contribution in [0.2, 0.25) is 0 Å². The van der Waals surface area contributed by atoms with Gasteiger partial charge in [0.1, 0.15) is 10.6 Å². The predicted octanol–water partition coefficient (Wildman–Crippen LogP) is 1.70. The Hall–Kier alpha value is -3.07. The molecule has 3 rings (SSSR count). The van der Waals surface area contributed by atoms with Crippen molar-refractivity contribution >= 4 is 21.7 Å². The van der Waals surface area contributed by atoms with Gasteiger partial charge in [-0.05, 0) is 36.4 Å². The van der Waals surface area contributed by atoms with E-state index in [1.807, 2.05) is 0 Å². The molecule has 0 aliphatic rings. The minimum Gasteiger partial charge on any atom is -0.477 e. The molecule has 0 aliphatic heterocycles. The second-order valence-corrected chi connectivity index (χ2v) is 6.34. The van der Waals surface area contributed by atoms with Gasteiger partial charge < -0.3 is 10.1 Å². The van der Waals surface area contributed by atoms with Crippen LogP contribution < -0.4 is 4.72 Å². The zero-order valence-corrected chi connectivity index (χ0v) is 12.5. The molecule has 0 unspecified atom stereocenters. The number of hydrogen-bond donors (Lipinski definition) is 3. The van der Waals surface area contributed by atoms with E-state index in [9.17, 15) is 13.2 Å². The van der Waals surface area contributed by atoms with Gasteiger partial charge >= 0.3 is 5.97 Å². The third-order valence-electron chi connectivity index (χ3n) is 3.09. The maximum Gasteiger partial charge on any atom is 0.352 e. The van der Waals surface area contributed by atoms with Gasteiger partial charge in [-0.25, -0.2) is 17.9 Å². The molecule has 3 N–H and O–H groups in total. The van der Waals surface area contributed by atoms with Crippen LogP contribution in [0, 0.1) is 0 Å². The van der Waals surface area contributed by atoms with Gasteiger partial charge in [0.2, 0.25) is 0 Å². The fourth-order valence-electron chi connectivity index (χ4n) is 1.97. The normalized spacial score (nSPS) is 11.3. The van der Waals surface area contributed by atoms with Gasteiger partial charge in [0, 0.05) is 24.3 Å². The van der Waals surface area contributed by atoms with Crippen LogP contribution in [0.15, 0.2) is 59.9 Å². The van der Waals surface area contributed by atoms with E-state index in [1.54, 1.807) is 47.4 Å². The topological polar surface area (TPSA) is 117 Å². The second kappa shape index (κ2) is 5.61. The van der Waals surface area contributed by atoms with Gasteiger partial charge in [0.05, 0.1) is 5.69 Å². The summed E-state index contributed by atoms with van der Waals surface area (Å²) in [6.07, 6.45) is 4.54. The largest absolute Gasteiger partial charge is 0.477 e. The van der Waals surface area contributed by atoms with E-state index < -0.39 is 16.0 Å². The minimum atomic E-state index is -3.86. The molecule has 0 amide bonds. The fourth-order valence-corrected chi connectivity index (χ4v) is 3.02. The molecule has 3 aromatic rings. The van der Waals surface area contributed by atoms with Gasteiger partial charge in [-0.15, -0.1) is 0 Å². The Morgan fingerprint density at radius 2 is 2.00 bits per heavy atom. The molecule has 0 radical (unpaired) electrons. The number of hydrogen-bond acceptors (Lipinski definition) is 4. The van der Waals surface area contributed by atoms with E-state index in [0.29, 0.717) is 5.69 Å². The molecule has 0 aliphatic carbocycles. The van der Waals surface area contributed by atoms with Crippen molar-refractivity contribution in [1.29, 1.82) is 0 Å². The third kappa shape index (κ3) is 3.09. The summed E-state index contributed by atoms with van der Waals surface area (Å²) >= 11 is 0. The maximum absolute atomic E-state index is 12.2. The number of carboxylic acids is 1. The van der Waals surface area contributed by atoms with Crippen LogP contribution in [-0.4, -0.2) is 34.3 Å². The number of nitrogens with zero attached hydrogens (tertiary/aromatic N) is 2. The lowest BCUT2D eigenvalue weighted by molar-refractivity contribution is 0.0691. The molecule has 0 spiro atoms. The van der Waals surface area contributed by atoms with Gasteiger partial charge in [0.15, 0.2) is 0 Å². The Balaban J connectivity index is 1.81. The van der Waals surface area contributed by atoms with E-state index in [2.05, 4.69) is 14.8 Å². The van der Waals surface area contributed by atoms with E-state index in [0.717, 1.165) is 18.0 Å². The van der Waals surface area contributed by atoms with E-state index in [4.69, 9.17) is 5.11 Å². The standard InChI is InChI=1S/C14H12N4O4S/c19-14(20)13-8-12(9-15-13)23(21,22)17-10-2-4-11(5-3-10)18-7-1-6-16-18/h1-9,15,17H,(H,19,20). The number of aromatic carboxylic acids is 1. The summed E-state index contributed by atoms with van der Waals surface area (Å²) in [5, 5.41) is 12.9. The van der Waals surface area contributed by atoms with Gasteiger partial charge in [-0.1, -0.05) is 0 Å². The first-order chi connectivity index (χ1) is 11.0. The highest BCUT2D eigenvalue weighted by atomic mass is 32.2. The number of aromatic nitrogens is 3. The van der Waals surface area contributed by atoms with Gasteiger partial charge in [-0.3, -0.25) is 4.72 Å². The van der Waals surface area contributed by atoms with E-state index in [1.165, 1.54) is 0 Å². The molecule has 0 saturated carbocycles. The number of carbonyl (C=O) groups is 1. The first-order valence-electron chi connectivity index (χ1n) is 6.50. The highest BCUT2D eigenvalue weighted by molar-refractivity contribution is 7.92. The minimum absolute atomic E-state index is 0.147. The van der Waals surface area contributed by atoms with Crippen molar-refractivity contribution in [3.8, 4) is 5.69 Å². The van der Waals surface area contributed by atoms with Crippen LogP contribution in [0.1, 0.15) is 10.5 Å². The summed E-state index contributed by atoms with van der Waals surface area (Å²) in [4.78, 5) is 13.0. The summed E-state index contributed by atoms with van der Waals surface area (Å²) in [5.74, 6) is -1.23. The van der Waals surface area contributed by atoms with E-state index in [-0.39, 0.29) is 10.6 Å². The number of aromatic amines is 1. The van der Waals surface area contributed by atoms with Crippen molar-refractivity contribution in [2.24, 2.45) is 0 Å². The number of H-pyrrole nitrogens is 1. The predicted molar refractivity (Wildman–Crippen MR) is 82.1 cm³/mol. The fraction of sp³-hybridized carbons (Fsp3) is 0. The van der Waals surface area contributed by atoms with Crippen LogP contribution in [0.3, 0.4) is 0 Å². The van der Waals surface area contributed by atoms with E-state index >= 15 is 0 Å². The Kier molecular flexibility index (Phi) is 3.62. The first kappa shape index (κ1) is 14.9. The van der Waals surface area contributed by atoms with Gasteiger partial charge in [-0.2, -0.15) is 5.10 Å². The van der Waals surface area contributed by atoms with Crippen LogP contribution in [0.5, 0.6) is 0 Å². The molecule has 0 fully saturated rings. The molecule has 23 heavy (non-hydrogen) atoms. The quantitative estimate of drug-likeness (QED) is 0.657. The molecule has 9 heteroatoms. The van der Waals surface area contributed by atoms with Crippen molar-refractivity contribution in [2.45, 2.75) is 4.90 Å². The van der Waals surface area contributed by atoms with Crippen LogP contribution in [-0.2, 0) is 10.0 Å². The summed E-state index contributed by atoms with van der Waals surface area (Å²) < 4.78 is 28.5. The molecular formula is C14H12N4O4S. The SMILES string of the molecule is O=C(O)c1cc(S(=O)(=O)Nc2ccc(-n3cccn3)cc2)c[nH]1.